The van der Waals surface area contributed by atoms with Crippen LogP contribution in [0.1, 0.15) is 18.4 Å². The van der Waals surface area contributed by atoms with Crippen molar-refractivity contribution in [2.75, 3.05) is 18.1 Å². The number of amides is 1. The Morgan fingerprint density at radius 3 is 2.95 bits per heavy atom. The van der Waals surface area contributed by atoms with Crippen molar-refractivity contribution >= 4 is 17.6 Å². The molecule has 0 fully saturated rings. The van der Waals surface area contributed by atoms with Crippen molar-refractivity contribution in [1.29, 1.82) is 5.26 Å². The van der Waals surface area contributed by atoms with Crippen LogP contribution >= 0.6 is 0 Å². The van der Waals surface area contributed by atoms with Crippen molar-refractivity contribution in [3.63, 3.8) is 0 Å². The zero-order valence-electron chi connectivity index (χ0n) is 10.8. The summed E-state index contributed by atoms with van der Waals surface area (Å²) in [6.45, 7) is 0.207. The van der Waals surface area contributed by atoms with Crippen LogP contribution in [0.5, 0.6) is 5.75 Å². The minimum absolute atomic E-state index is 0.142. The number of carbonyl (C=O) groups excluding carboxylic acids is 1. The summed E-state index contributed by atoms with van der Waals surface area (Å²) in [4.78, 5) is 23.9. The Balaban J connectivity index is 2.19. The lowest BCUT2D eigenvalue weighted by atomic mass is 10.0. The number of nitrogens with zero attached hydrogens (tertiary/aromatic N) is 2. The van der Waals surface area contributed by atoms with Crippen LogP contribution < -0.4 is 9.64 Å². The standard InChI is InChI=1S/C14H14N2O4/c15-6-5-13(17)16-7-1-2-10-8-11(3-4-12(10)16)20-9-14(18)19/h3-4,8H,1-2,5,7,9H2,(H,18,19). The van der Waals surface area contributed by atoms with Crippen LogP contribution in [0.4, 0.5) is 5.69 Å². The monoisotopic (exact) mass is 274 g/mol. The Morgan fingerprint density at radius 1 is 1.45 bits per heavy atom. The molecule has 1 aliphatic heterocycles. The summed E-state index contributed by atoms with van der Waals surface area (Å²) in [5, 5.41) is 17.2. The van der Waals surface area contributed by atoms with E-state index in [1.165, 1.54) is 0 Å². The molecular weight excluding hydrogens is 260 g/mol. The van der Waals surface area contributed by atoms with Gasteiger partial charge in [-0.3, -0.25) is 4.79 Å². The van der Waals surface area contributed by atoms with E-state index < -0.39 is 12.6 Å². The van der Waals surface area contributed by atoms with Crippen LogP contribution in [0.25, 0.3) is 0 Å². The molecule has 0 aromatic heterocycles. The highest BCUT2D eigenvalue weighted by Crippen LogP contribution is 2.30. The second-order valence-corrected chi connectivity index (χ2v) is 4.46. The van der Waals surface area contributed by atoms with E-state index in [-0.39, 0.29) is 12.3 Å². The van der Waals surface area contributed by atoms with Gasteiger partial charge in [0.05, 0.1) is 6.07 Å². The van der Waals surface area contributed by atoms with Gasteiger partial charge in [-0.15, -0.1) is 0 Å². The van der Waals surface area contributed by atoms with E-state index in [4.69, 9.17) is 15.1 Å². The SMILES string of the molecule is N#CCC(=O)N1CCCc2cc(OCC(=O)O)ccc21. The van der Waals surface area contributed by atoms with Crippen molar-refractivity contribution in [3.05, 3.63) is 23.8 Å². The molecule has 6 heteroatoms. The zero-order valence-corrected chi connectivity index (χ0v) is 10.8. The maximum absolute atomic E-state index is 11.9. The van der Waals surface area contributed by atoms with Crippen molar-refractivity contribution in [2.24, 2.45) is 0 Å². The van der Waals surface area contributed by atoms with Gasteiger partial charge < -0.3 is 14.7 Å². The van der Waals surface area contributed by atoms with Gasteiger partial charge in [0.2, 0.25) is 5.91 Å². The average Bonchev–Trinajstić information content (AvgIpc) is 2.44. The van der Waals surface area contributed by atoms with Crippen LogP contribution in [0.2, 0.25) is 0 Å². The summed E-state index contributed by atoms with van der Waals surface area (Å²) in [6.07, 6.45) is 1.47. The van der Waals surface area contributed by atoms with Gasteiger partial charge in [0.15, 0.2) is 6.61 Å². The van der Waals surface area contributed by atoms with E-state index in [0.717, 1.165) is 24.1 Å². The third kappa shape index (κ3) is 3.06. The number of rotatable bonds is 4. The molecule has 1 aliphatic rings. The fourth-order valence-electron chi connectivity index (χ4n) is 2.23. The number of carboxylic acids is 1. The molecule has 104 valence electrons. The van der Waals surface area contributed by atoms with E-state index in [2.05, 4.69) is 0 Å². The molecule has 1 aromatic carbocycles. The first-order valence-corrected chi connectivity index (χ1v) is 6.26. The third-order valence-corrected chi connectivity index (χ3v) is 3.06. The topological polar surface area (TPSA) is 90.6 Å². The minimum atomic E-state index is -1.03. The maximum atomic E-state index is 11.9. The summed E-state index contributed by atoms with van der Waals surface area (Å²) >= 11 is 0. The van der Waals surface area contributed by atoms with Gasteiger partial charge in [0, 0.05) is 12.2 Å². The molecule has 0 unspecified atom stereocenters. The van der Waals surface area contributed by atoms with Gasteiger partial charge in [-0.05, 0) is 36.6 Å². The second kappa shape index (κ2) is 6.06. The summed E-state index contributed by atoms with van der Waals surface area (Å²) in [6, 6.07) is 6.99. The van der Waals surface area contributed by atoms with Crippen molar-refractivity contribution in [1.82, 2.24) is 0 Å². The molecule has 0 saturated heterocycles. The highest BCUT2D eigenvalue weighted by atomic mass is 16.5. The first-order chi connectivity index (χ1) is 9.61. The summed E-state index contributed by atoms with van der Waals surface area (Å²) in [5.41, 5.74) is 1.71. The van der Waals surface area contributed by atoms with Crippen LogP contribution in [0.3, 0.4) is 0 Å². The number of hydrogen-bond acceptors (Lipinski definition) is 4. The van der Waals surface area contributed by atoms with E-state index in [1.807, 2.05) is 6.07 Å². The number of aryl methyl sites for hydroxylation is 1. The van der Waals surface area contributed by atoms with Crippen molar-refractivity contribution < 1.29 is 19.4 Å². The Kier molecular flexibility index (Phi) is 4.20. The van der Waals surface area contributed by atoms with Gasteiger partial charge in [0.1, 0.15) is 12.2 Å². The fourth-order valence-corrected chi connectivity index (χ4v) is 2.23. The number of hydrogen-bond donors (Lipinski definition) is 1. The lowest BCUT2D eigenvalue weighted by Crippen LogP contribution is -2.35. The normalized spacial score (nSPS) is 13.2. The molecule has 0 spiro atoms. The molecule has 1 amide bonds. The predicted octanol–water partition coefficient (Wildman–Crippen LogP) is 1.34. The first-order valence-electron chi connectivity index (χ1n) is 6.26. The average molecular weight is 274 g/mol. The highest BCUT2D eigenvalue weighted by Gasteiger charge is 2.22. The Labute approximate surface area is 116 Å². The Bertz CT molecular complexity index is 577. The van der Waals surface area contributed by atoms with Crippen LogP contribution in [0, 0.1) is 11.3 Å². The van der Waals surface area contributed by atoms with Gasteiger partial charge in [0.25, 0.3) is 0 Å². The summed E-state index contributed by atoms with van der Waals surface area (Å²) < 4.78 is 5.12. The van der Waals surface area contributed by atoms with E-state index in [9.17, 15) is 9.59 Å². The minimum Gasteiger partial charge on any atom is -0.482 e. The molecule has 1 N–H and O–H groups in total. The number of carboxylic acid groups (broad SMARTS) is 1. The second-order valence-electron chi connectivity index (χ2n) is 4.46. The van der Waals surface area contributed by atoms with E-state index in [0.29, 0.717) is 12.3 Å². The van der Waals surface area contributed by atoms with E-state index in [1.54, 1.807) is 23.1 Å². The number of aliphatic carboxylic acids is 1. The zero-order chi connectivity index (χ0) is 14.5. The number of ether oxygens (including phenoxy) is 1. The predicted molar refractivity (Wildman–Crippen MR) is 70.5 cm³/mol. The van der Waals surface area contributed by atoms with Crippen molar-refractivity contribution in [3.8, 4) is 11.8 Å². The number of nitriles is 1. The molecule has 20 heavy (non-hydrogen) atoms. The molecule has 1 aromatic rings. The number of benzene rings is 1. The quantitative estimate of drug-likeness (QED) is 0.894. The van der Waals surface area contributed by atoms with Gasteiger partial charge in [-0.25, -0.2) is 4.79 Å². The summed E-state index contributed by atoms with van der Waals surface area (Å²) in [5.74, 6) is -0.776. The Morgan fingerprint density at radius 2 is 2.25 bits per heavy atom. The molecular formula is C14H14N2O4. The molecule has 0 radical (unpaired) electrons. The molecule has 1 heterocycles. The highest BCUT2D eigenvalue weighted by molar-refractivity contribution is 5.95. The van der Waals surface area contributed by atoms with Crippen LogP contribution in [-0.2, 0) is 16.0 Å². The van der Waals surface area contributed by atoms with Gasteiger partial charge in [-0.1, -0.05) is 0 Å². The summed E-state index contributed by atoms with van der Waals surface area (Å²) in [7, 11) is 0. The largest absolute Gasteiger partial charge is 0.482 e. The maximum Gasteiger partial charge on any atom is 0.341 e. The number of anilines is 1. The molecule has 0 saturated carbocycles. The van der Waals surface area contributed by atoms with Crippen LogP contribution in [-0.4, -0.2) is 30.1 Å². The molecule has 6 nitrogen and oxygen atoms in total. The fraction of sp³-hybridized carbons (Fsp3) is 0.357. The number of fused-ring (bicyclic) bond motifs is 1. The van der Waals surface area contributed by atoms with E-state index >= 15 is 0 Å². The lowest BCUT2D eigenvalue weighted by Gasteiger charge is -2.29. The smallest absolute Gasteiger partial charge is 0.341 e. The van der Waals surface area contributed by atoms with Gasteiger partial charge >= 0.3 is 5.97 Å². The lowest BCUT2D eigenvalue weighted by molar-refractivity contribution is -0.139. The van der Waals surface area contributed by atoms with Crippen molar-refractivity contribution in [2.45, 2.75) is 19.3 Å². The first kappa shape index (κ1) is 13.9. The molecule has 0 aliphatic carbocycles. The third-order valence-electron chi connectivity index (χ3n) is 3.06. The molecule has 2 rings (SSSR count). The molecule has 0 bridgehead atoms. The number of carbonyl (C=O) groups is 2. The van der Waals surface area contributed by atoms with Gasteiger partial charge in [-0.2, -0.15) is 5.26 Å². The van der Waals surface area contributed by atoms with Crippen LogP contribution in [0.15, 0.2) is 18.2 Å². The molecule has 0 atom stereocenters. The Hall–Kier alpha value is -2.55.